The van der Waals surface area contributed by atoms with Crippen LogP contribution in [0.25, 0.3) is 0 Å². The topological polar surface area (TPSA) is 52.3 Å². The molecule has 0 fully saturated rings. The lowest BCUT2D eigenvalue weighted by atomic mass is 10.0. The molecule has 2 rings (SSSR count). The van der Waals surface area contributed by atoms with Crippen LogP contribution in [-0.2, 0) is 0 Å². The quantitative estimate of drug-likeness (QED) is 0.681. The molecule has 0 aromatic heterocycles. The van der Waals surface area contributed by atoms with Gasteiger partial charge in [-0.1, -0.05) is 0 Å². The monoisotopic (exact) mass is 337 g/mol. The van der Waals surface area contributed by atoms with E-state index in [0.717, 1.165) is 6.07 Å². The molecule has 104 valence electrons. The number of anilines is 1. The molecule has 2 aromatic rings. The van der Waals surface area contributed by atoms with Gasteiger partial charge in [-0.15, -0.1) is 0 Å². The smallest absolute Gasteiger partial charge is 0.196 e. The SMILES string of the molecule is CCOc1ccc(C(=O)c2ccc(F)cc2N)c(Br)c1. The molecule has 0 saturated heterocycles. The maximum atomic E-state index is 13.0. The Morgan fingerprint density at radius 2 is 1.95 bits per heavy atom. The summed E-state index contributed by atoms with van der Waals surface area (Å²) in [6, 6.07) is 8.81. The Balaban J connectivity index is 2.38. The Morgan fingerprint density at radius 1 is 1.25 bits per heavy atom. The predicted molar refractivity (Wildman–Crippen MR) is 79.6 cm³/mol. The molecule has 2 aromatic carbocycles. The summed E-state index contributed by atoms with van der Waals surface area (Å²) in [5, 5.41) is 0. The fraction of sp³-hybridized carbons (Fsp3) is 0.133. The van der Waals surface area contributed by atoms with Gasteiger partial charge in [-0.05, 0) is 59.3 Å². The van der Waals surface area contributed by atoms with E-state index >= 15 is 0 Å². The van der Waals surface area contributed by atoms with Gasteiger partial charge in [0, 0.05) is 21.3 Å². The number of nitrogen functional groups attached to an aromatic ring is 1. The molecule has 2 N–H and O–H groups in total. The maximum absolute atomic E-state index is 13.0. The Morgan fingerprint density at radius 3 is 2.55 bits per heavy atom. The highest BCUT2D eigenvalue weighted by atomic mass is 79.9. The van der Waals surface area contributed by atoms with Gasteiger partial charge in [0.15, 0.2) is 5.78 Å². The molecule has 0 unspecified atom stereocenters. The summed E-state index contributed by atoms with van der Waals surface area (Å²) in [5.74, 6) is -0.0646. The van der Waals surface area contributed by atoms with Crippen LogP contribution in [0.15, 0.2) is 40.9 Å². The zero-order valence-corrected chi connectivity index (χ0v) is 12.4. The van der Waals surface area contributed by atoms with Gasteiger partial charge in [0.05, 0.1) is 6.61 Å². The first-order chi connectivity index (χ1) is 9.52. The van der Waals surface area contributed by atoms with Crippen LogP contribution in [0.3, 0.4) is 0 Å². The van der Waals surface area contributed by atoms with E-state index in [9.17, 15) is 9.18 Å². The van der Waals surface area contributed by atoms with Gasteiger partial charge in [-0.3, -0.25) is 4.79 Å². The number of halogens is 2. The molecule has 0 radical (unpaired) electrons. The summed E-state index contributed by atoms with van der Waals surface area (Å²) in [6.45, 7) is 2.43. The Hall–Kier alpha value is -1.88. The zero-order valence-electron chi connectivity index (χ0n) is 10.8. The minimum Gasteiger partial charge on any atom is -0.494 e. The summed E-state index contributed by atoms with van der Waals surface area (Å²) in [6.07, 6.45) is 0. The van der Waals surface area contributed by atoms with Crippen LogP contribution in [0.5, 0.6) is 5.75 Å². The average Bonchev–Trinajstić information content (AvgIpc) is 2.38. The van der Waals surface area contributed by atoms with Crippen molar-refractivity contribution in [3.05, 3.63) is 57.8 Å². The minimum atomic E-state index is -0.468. The van der Waals surface area contributed by atoms with Crippen molar-refractivity contribution in [2.45, 2.75) is 6.92 Å². The van der Waals surface area contributed by atoms with Gasteiger partial charge in [-0.25, -0.2) is 4.39 Å². The highest BCUT2D eigenvalue weighted by Crippen LogP contribution is 2.27. The first-order valence-corrected chi connectivity index (χ1v) is 6.84. The van der Waals surface area contributed by atoms with E-state index in [0.29, 0.717) is 22.4 Å². The largest absolute Gasteiger partial charge is 0.494 e. The number of ether oxygens (including phenoxy) is 1. The van der Waals surface area contributed by atoms with E-state index in [1.54, 1.807) is 18.2 Å². The van der Waals surface area contributed by atoms with Crippen LogP contribution in [0.4, 0.5) is 10.1 Å². The Bertz CT molecular complexity index is 658. The van der Waals surface area contributed by atoms with Crippen molar-refractivity contribution in [1.82, 2.24) is 0 Å². The molecule has 0 aliphatic heterocycles. The van der Waals surface area contributed by atoms with Crippen molar-refractivity contribution >= 4 is 27.4 Å². The van der Waals surface area contributed by atoms with E-state index in [1.807, 2.05) is 6.92 Å². The lowest BCUT2D eigenvalue weighted by Crippen LogP contribution is -2.06. The third-order valence-electron chi connectivity index (χ3n) is 2.75. The fourth-order valence-corrected chi connectivity index (χ4v) is 2.36. The Kier molecular flexibility index (Phi) is 4.39. The van der Waals surface area contributed by atoms with Gasteiger partial charge >= 0.3 is 0 Å². The molecule has 0 aliphatic carbocycles. The highest BCUT2D eigenvalue weighted by Gasteiger charge is 2.16. The Labute approximate surface area is 124 Å². The first kappa shape index (κ1) is 14.5. The summed E-state index contributed by atoms with van der Waals surface area (Å²) in [5.41, 5.74) is 6.53. The van der Waals surface area contributed by atoms with E-state index in [1.165, 1.54) is 12.1 Å². The third kappa shape index (κ3) is 2.99. The van der Waals surface area contributed by atoms with Crippen LogP contribution in [0.1, 0.15) is 22.8 Å². The number of nitrogens with two attached hydrogens (primary N) is 1. The van der Waals surface area contributed by atoms with E-state index < -0.39 is 5.82 Å². The molecule has 20 heavy (non-hydrogen) atoms. The molecule has 5 heteroatoms. The summed E-state index contributed by atoms with van der Waals surface area (Å²) in [4.78, 5) is 12.4. The third-order valence-corrected chi connectivity index (χ3v) is 3.41. The van der Waals surface area contributed by atoms with E-state index in [-0.39, 0.29) is 17.0 Å². The summed E-state index contributed by atoms with van der Waals surface area (Å²) >= 11 is 3.34. The number of hydrogen-bond donors (Lipinski definition) is 1. The number of hydrogen-bond acceptors (Lipinski definition) is 3. The second kappa shape index (κ2) is 6.05. The van der Waals surface area contributed by atoms with Crippen molar-refractivity contribution in [3.63, 3.8) is 0 Å². The lowest BCUT2D eigenvalue weighted by molar-refractivity contribution is 0.103. The van der Waals surface area contributed by atoms with Crippen molar-refractivity contribution in [2.75, 3.05) is 12.3 Å². The van der Waals surface area contributed by atoms with Crippen molar-refractivity contribution < 1.29 is 13.9 Å². The molecule has 3 nitrogen and oxygen atoms in total. The predicted octanol–water partition coefficient (Wildman–Crippen LogP) is 3.80. The number of carbonyl (C=O) groups excluding carboxylic acids is 1. The molecule has 0 bridgehead atoms. The van der Waals surface area contributed by atoms with Gasteiger partial charge in [0.2, 0.25) is 0 Å². The molecular weight excluding hydrogens is 325 g/mol. The first-order valence-electron chi connectivity index (χ1n) is 6.05. The molecule has 0 spiro atoms. The highest BCUT2D eigenvalue weighted by molar-refractivity contribution is 9.10. The zero-order chi connectivity index (χ0) is 14.7. The van der Waals surface area contributed by atoms with E-state index in [2.05, 4.69) is 15.9 Å². The van der Waals surface area contributed by atoms with Gasteiger partial charge in [0.25, 0.3) is 0 Å². The summed E-state index contributed by atoms with van der Waals surface area (Å²) < 4.78 is 19.0. The normalized spacial score (nSPS) is 10.3. The van der Waals surface area contributed by atoms with Crippen LogP contribution in [0, 0.1) is 5.82 Å². The second-order valence-electron chi connectivity index (χ2n) is 4.14. The van der Waals surface area contributed by atoms with Crippen LogP contribution in [-0.4, -0.2) is 12.4 Å². The standard InChI is InChI=1S/C15H13BrFNO2/c1-2-20-10-4-6-11(13(16)8-10)15(19)12-5-3-9(17)7-14(12)18/h3-8H,2,18H2,1H3. The number of benzene rings is 2. The molecule has 0 saturated carbocycles. The summed E-state index contributed by atoms with van der Waals surface area (Å²) in [7, 11) is 0. The number of carbonyl (C=O) groups is 1. The van der Waals surface area contributed by atoms with Crippen molar-refractivity contribution in [1.29, 1.82) is 0 Å². The van der Waals surface area contributed by atoms with Gasteiger partial charge in [-0.2, -0.15) is 0 Å². The molecule has 0 amide bonds. The van der Waals surface area contributed by atoms with Crippen molar-refractivity contribution in [2.24, 2.45) is 0 Å². The average molecular weight is 338 g/mol. The molecule has 0 aliphatic rings. The molecule has 0 heterocycles. The minimum absolute atomic E-state index is 0.121. The fourth-order valence-electron chi connectivity index (χ4n) is 1.82. The molecular formula is C15H13BrFNO2. The number of rotatable bonds is 4. The molecule has 0 atom stereocenters. The van der Waals surface area contributed by atoms with Gasteiger partial charge < -0.3 is 10.5 Å². The van der Waals surface area contributed by atoms with E-state index in [4.69, 9.17) is 10.5 Å². The van der Waals surface area contributed by atoms with Gasteiger partial charge in [0.1, 0.15) is 11.6 Å². The second-order valence-corrected chi connectivity index (χ2v) is 4.99. The number of ketones is 1. The van der Waals surface area contributed by atoms with Crippen LogP contribution >= 0.6 is 15.9 Å². The van der Waals surface area contributed by atoms with Crippen molar-refractivity contribution in [3.8, 4) is 5.75 Å². The van der Waals surface area contributed by atoms with Crippen LogP contribution < -0.4 is 10.5 Å². The lowest BCUT2D eigenvalue weighted by Gasteiger charge is -2.09. The maximum Gasteiger partial charge on any atom is 0.196 e. The van der Waals surface area contributed by atoms with Crippen LogP contribution in [0.2, 0.25) is 0 Å².